The molecule has 2 rings (SSSR count). The van der Waals surface area contributed by atoms with E-state index in [1.54, 1.807) is 11.3 Å². The molecule has 0 aliphatic heterocycles. The lowest BCUT2D eigenvalue weighted by Crippen LogP contribution is -2.16. The van der Waals surface area contributed by atoms with Crippen molar-refractivity contribution in [1.82, 2.24) is 0 Å². The number of ether oxygens (including phenoxy) is 2. The molecular formula is C15H21NO2S. The summed E-state index contributed by atoms with van der Waals surface area (Å²) in [5, 5.41) is 1.26. The van der Waals surface area contributed by atoms with E-state index in [0.29, 0.717) is 19.8 Å². The first-order valence-corrected chi connectivity index (χ1v) is 7.46. The van der Waals surface area contributed by atoms with E-state index in [9.17, 15) is 0 Å². The van der Waals surface area contributed by atoms with Crippen molar-refractivity contribution in [3.05, 3.63) is 34.7 Å². The Morgan fingerprint density at radius 3 is 2.84 bits per heavy atom. The van der Waals surface area contributed by atoms with Gasteiger partial charge in [0, 0.05) is 28.3 Å². The fourth-order valence-electron chi connectivity index (χ4n) is 2.03. The Balaban J connectivity index is 2.10. The summed E-state index contributed by atoms with van der Waals surface area (Å²) < 4.78 is 12.5. The molecule has 0 saturated carbocycles. The van der Waals surface area contributed by atoms with E-state index >= 15 is 0 Å². The van der Waals surface area contributed by atoms with Crippen molar-refractivity contribution >= 4 is 21.4 Å². The Morgan fingerprint density at radius 2 is 2.11 bits per heavy atom. The molecule has 1 aromatic carbocycles. The molecule has 0 spiro atoms. The number of rotatable bonds is 7. The van der Waals surface area contributed by atoms with Crippen LogP contribution in [0, 0.1) is 0 Å². The van der Waals surface area contributed by atoms with Crippen molar-refractivity contribution in [3.63, 3.8) is 0 Å². The van der Waals surface area contributed by atoms with E-state index in [1.165, 1.54) is 20.5 Å². The van der Waals surface area contributed by atoms with Crippen LogP contribution in [0.5, 0.6) is 0 Å². The van der Waals surface area contributed by atoms with Crippen LogP contribution in [-0.2, 0) is 22.6 Å². The van der Waals surface area contributed by atoms with Gasteiger partial charge in [0.05, 0.1) is 19.3 Å². The van der Waals surface area contributed by atoms with E-state index in [1.807, 2.05) is 13.8 Å². The number of fused-ring (bicyclic) bond motifs is 1. The Labute approximate surface area is 118 Å². The standard InChI is InChI=1S/C15H21NO2S/c1-3-17-9-11(2)18-10-13-12-6-4-5-7-14(12)19-15(13)8-16/h4-7,11H,3,8-10,16H2,1-2H3. The van der Waals surface area contributed by atoms with Gasteiger partial charge in [0.2, 0.25) is 0 Å². The number of hydrogen-bond acceptors (Lipinski definition) is 4. The van der Waals surface area contributed by atoms with Crippen molar-refractivity contribution in [2.75, 3.05) is 13.2 Å². The Bertz CT molecular complexity index is 524. The van der Waals surface area contributed by atoms with Crippen molar-refractivity contribution < 1.29 is 9.47 Å². The Hall–Kier alpha value is -0.940. The highest BCUT2D eigenvalue weighted by atomic mass is 32.1. The summed E-state index contributed by atoms with van der Waals surface area (Å²) in [5.74, 6) is 0. The summed E-state index contributed by atoms with van der Waals surface area (Å²) in [6.45, 7) is 6.56. The zero-order chi connectivity index (χ0) is 13.7. The van der Waals surface area contributed by atoms with Crippen LogP contribution in [0.2, 0.25) is 0 Å². The van der Waals surface area contributed by atoms with Crippen molar-refractivity contribution in [3.8, 4) is 0 Å². The minimum Gasteiger partial charge on any atom is -0.379 e. The van der Waals surface area contributed by atoms with Gasteiger partial charge in [-0.2, -0.15) is 0 Å². The lowest BCUT2D eigenvalue weighted by atomic mass is 10.1. The Morgan fingerprint density at radius 1 is 1.32 bits per heavy atom. The van der Waals surface area contributed by atoms with Crippen LogP contribution in [0.4, 0.5) is 0 Å². The average molecular weight is 279 g/mol. The van der Waals surface area contributed by atoms with Gasteiger partial charge >= 0.3 is 0 Å². The van der Waals surface area contributed by atoms with Crippen LogP contribution < -0.4 is 5.73 Å². The van der Waals surface area contributed by atoms with Gasteiger partial charge in [-0.3, -0.25) is 0 Å². The SMILES string of the molecule is CCOCC(C)OCc1c(CN)sc2ccccc12. The summed E-state index contributed by atoms with van der Waals surface area (Å²) in [6, 6.07) is 8.38. The zero-order valence-corrected chi connectivity index (χ0v) is 12.3. The molecule has 0 amide bonds. The minimum absolute atomic E-state index is 0.101. The molecule has 0 aliphatic carbocycles. The first-order chi connectivity index (χ1) is 9.26. The monoisotopic (exact) mass is 279 g/mol. The van der Waals surface area contributed by atoms with Crippen molar-refractivity contribution in [2.45, 2.75) is 33.1 Å². The highest BCUT2D eigenvalue weighted by molar-refractivity contribution is 7.19. The van der Waals surface area contributed by atoms with Crippen LogP contribution >= 0.6 is 11.3 Å². The Kier molecular flexibility index (Phi) is 5.34. The quantitative estimate of drug-likeness (QED) is 0.845. The largest absolute Gasteiger partial charge is 0.379 e. The van der Waals surface area contributed by atoms with Crippen molar-refractivity contribution in [2.24, 2.45) is 5.73 Å². The summed E-state index contributed by atoms with van der Waals surface area (Å²) in [5.41, 5.74) is 7.06. The number of hydrogen-bond donors (Lipinski definition) is 1. The molecule has 1 atom stereocenters. The summed E-state index contributed by atoms with van der Waals surface area (Å²) in [7, 11) is 0. The van der Waals surface area contributed by atoms with Crippen molar-refractivity contribution in [1.29, 1.82) is 0 Å². The fraction of sp³-hybridized carbons (Fsp3) is 0.467. The molecule has 1 heterocycles. The first kappa shape index (κ1) is 14.5. The lowest BCUT2D eigenvalue weighted by Gasteiger charge is -2.13. The highest BCUT2D eigenvalue weighted by Crippen LogP contribution is 2.31. The molecule has 104 valence electrons. The molecular weight excluding hydrogens is 258 g/mol. The van der Waals surface area contributed by atoms with Crippen LogP contribution in [0.25, 0.3) is 10.1 Å². The van der Waals surface area contributed by atoms with Crippen LogP contribution in [-0.4, -0.2) is 19.3 Å². The van der Waals surface area contributed by atoms with E-state index in [-0.39, 0.29) is 6.10 Å². The van der Waals surface area contributed by atoms with Gasteiger partial charge in [0.15, 0.2) is 0 Å². The smallest absolute Gasteiger partial charge is 0.0785 e. The van der Waals surface area contributed by atoms with E-state index in [2.05, 4.69) is 24.3 Å². The van der Waals surface area contributed by atoms with Crippen LogP contribution in [0.3, 0.4) is 0 Å². The molecule has 0 aliphatic rings. The van der Waals surface area contributed by atoms with Gasteiger partial charge in [0.25, 0.3) is 0 Å². The first-order valence-electron chi connectivity index (χ1n) is 6.65. The van der Waals surface area contributed by atoms with E-state index in [4.69, 9.17) is 15.2 Å². The molecule has 1 unspecified atom stereocenters. The second kappa shape index (κ2) is 7.01. The zero-order valence-electron chi connectivity index (χ0n) is 11.5. The van der Waals surface area contributed by atoms with Crippen LogP contribution in [0.1, 0.15) is 24.3 Å². The molecule has 19 heavy (non-hydrogen) atoms. The molecule has 2 aromatic rings. The number of benzene rings is 1. The molecule has 3 nitrogen and oxygen atoms in total. The predicted molar refractivity (Wildman–Crippen MR) is 80.5 cm³/mol. The van der Waals surface area contributed by atoms with Gasteiger partial charge in [-0.15, -0.1) is 11.3 Å². The topological polar surface area (TPSA) is 44.5 Å². The lowest BCUT2D eigenvalue weighted by molar-refractivity contribution is -0.0114. The fourth-order valence-corrected chi connectivity index (χ4v) is 3.12. The van der Waals surface area contributed by atoms with E-state index in [0.717, 1.165) is 6.61 Å². The third kappa shape index (κ3) is 3.54. The van der Waals surface area contributed by atoms with Gasteiger partial charge in [-0.05, 0) is 25.3 Å². The molecule has 0 fully saturated rings. The predicted octanol–water partition coefficient (Wildman–Crippen LogP) is 3.30. The van der Waals surface area contributed by atoms with Gasteiger partial charge in [-0.1, -0.05) is 18.2 Å². The number of thiophene rings is 1. The third-order valence-corrected chi connectivity index (χ3v) is 4.27. The summed E-state index contributed by atoms with van der Waals surface area (Å²) >= 11 is 1.76. The third-order valence-electron chi connectivity index (χ3n) is 3.04. The minimum atomic E-state index is 0.101. The summed E-state index contributed by atoms with van der Waals surface area (Å²) in [4.78, 5) is 1.21. The highest BCUT2D eigenvalue weighted by Gasteiger charge is 2.12. The normalized spacial score (nSPS) is 13.0. The maximum Gasteiger partial charge on any atom is 0.0785 e. The molecule has 0 bridgehead atoms. The summed E-state index contributed by atoms with van der Waals surface area (Å²) in [6.07, 6.45) is 0.101. The number of nitrogens with two attached hydrogens (primary N) is 1. The maximum atomic E-state index is 5.87. The molecule has 1 aromatic heterocycles. The second-order valence-electron chi connectivity index (χ2n) is 4.49. The molecule has 2 N–H and O–H groups in total. The van der Waals surface area contributed by atoms with Gasteiger partial charge < -0.3 is 15.2 Å². The van der Waals surface area contributed by atoms with Gasteiger partial charge in [-0.25, -0.2) is 0 Å². The van der Waals surface area contributed by atoms with E-state index < -0.39 is 0 Å². The molecule has 0 radical (unpaired) electrons. The average Bonchev–Trinajstić information content (AvgIpc) is 2.80. The maximum absolute atomic E-state index is 5.87. The van der Waals surface area contributed by atoms with Crippen LogP contribution in [0.15, 0.2) is 24.3 Å². The molecule has 0 saturated heterocycles. The van der Waals surface area contributed by atoms with Gasteiger partial charge in [0.1, 0.15) is 0 Å². The second-order valence-corrected chi connectivity index (χ2v) is 5.62. The molecule has 4 heteroatoms.